The zero-order valence-corrected chi connectivity index (χ0v) is 10.9. The third kappa shape index (κ3) is 3.42. The molecule has 1 aliphatic heterocycles. The summed E-state index contributed by atoms with van der Waals surface area (Å²) < 4.78 is 10.5. The summed E-state index contributed by atoms with van der Waals surface area (Å²) in [6.45, 7) is 6.63. The lowest BCUT2D eigenvalue weighted by Crippen LogP contribution is -2.57. The van der Waals surface area contributed by atoms with Crippen LogP contribution in [0.1, 0.15) is 19.8 Å². The number of ether oxygens (including phenoxy) is 2. The lowest BCUT2D eigenvalue weighted by atomic mass is 9.92. The summed E-state index contributed by atoms with van der Waals surface area (Å²) in [4.78, 5) is 2.46. The highest BCUT2D eigenvalue weighted by atomic mass is 16.5. The van der Waals surface area contributed by atoms with Crippen molar-refractivity contribution in [1.29, 1.82) is 0 Å². The predicted molar refractivity (Wildman–Crippen MR) is 65.5 cm³/mol. The Balaban J connectivity index is 2.44. The summed E-state index contributed by atoms with van der Waals surface area (Å²) in [5.41, 5.74) is 5.86. The quantitative estimate of drug-likeness (QED) is 0.730. The second-order valence-corrected chi connectivity index (χ2v) is 5.02. The fraction of sp³-hybridized carbons (Fsp3) is 1.00. The van der Waals surface area contributed by atoms with Gasteiger partial charge in [-0.1, -0.05) is 0 Å². The molecule has 0 aromatic heterocycles. The van der Waals surface area contributed by atoms with Crippen molar-refractivity contribution in [2.45, 2.75) is 25.3 Å². The number of methoxy groups -OCH3 is 2. The average Bonchev–Trinajstić information content (AvgIpc) is 2.30. The predicted octanol–water partition coefficient (Wildman–Crippen LogP) is 0.709. The van der Waals surface area contributed by atoms with E-state index in [-0.39, 0.29) is 5.54 Å². The van der Waals surface area contributed by atoms with Crippen LogP contribution in [-0.4, -0.2) is 57.5 Å². The maximum atomic E-state index is 5.87. The molecule has 0 amide bonds. The Morgan fingerprint density at radius 3 is 2.31 bits per heavy atom. The van der Waals surface area contributed by atoms with E-state index < -0.39 is 0 Å². The Bertz CT molecular complexity index is 193. The lowest BCUT2D eigenvalue weighted by Gasteiger charge is -2.44. The Hall–Kier alpha value is -0.160. The van der Waals surface area contributed by atoms with Gasteiger partial charge in [-0.2, -0.15) is 0 Å². The van der Waals surface area contributed by atoms with Gasteiger partial charge in [0.05, 0.1) is 12.1 Å². The van der Waals surface area contributed by atoms with Crippen molar-refractivity contribution in [2.24, 2.45) is 11.7 Å². The van der Waals surface area contributed by atoms with Gasteiger partial charge in [-0.05, 0) is 38.8 Å². The Kier molecular flexibility index (Phi) is 5.69. The number of hydrogen-bond donors (Lipinski definition) is 1. The summed E-state index contributed by atoms with van der Waals surface area (Å²) in [5.74, 6) is 0.714. The number of rotatable bonds is 6. The Morgan fingerprint density at radius 2 is 1.88 bits per heavy atom. The van der Waals surface area contributed by atoms with E-state index in [0.29, 0.717) is 19.1 Å². The van der Waals surface area contributed by atoms with Crippen LogP contribution in [0, 0.1) is 5.92 Å². The van der Waals surface area contributed by atoms with Crippen molar-refractivity contribution in [1.82, 2.24) is 4.90 Å². The van der Waals surface area contributed by atoms with Gasteiger partial charge in [0, 0.05) is 27.4 Å². The molecule has 0 radical (unpaired) electrons. The molecular weight excluding hydrogens is 204 g/mol. The minimum Gasteiger partial charge on any atom is -0.384 e. The number of nitrogens with two attached hydrogens (primary N) is 1. The largest absolute Gasteiger partial charge is 0.384 e. The van der Waals surface area contributed by atoms with E-state index in [2.05, 4.69) is 11.8 Å². The van der Waals surface area contributed by atoms with Gasteiger partial charge < -0.3 is 15.2 Å². The molecule has 1 unspecified atom stereocenters. The van der Waals surface area contributed by atoms with Gasteiger partial charge in [0.15, 0.2) is 0 Å². The SMILES string of the molecule is COCC1CCN(C(C)(CN)COC)CC1. The average molecular weight is 230 g/mol. The van der Waals surface area contributed by atoms with Crippen molar-refractivity contribution in [2.75, 3.05) is 47.1 Å². The number of likely N-dealkylation sites (tertiary alicyclic amines) is 1. The molecule has 1 saturated heterocycles. The first-order valence-corrected chi connectivity index (χ1v) is 6.09. The summed E-state index contributed by atoms with van der Waals surface area (Å²) in [7, 11) is 3.52. The van der Waals surface area contributed by atoms with Crippen molar-refractivity contribution in [3.63, 3.8) is 0 Å². The van der Waals surface area contributed by atoms with Crippen LogP contribution in [0.5, 0.6) is 0 Å². The van der Waals surface area contributed by atoms with Gasteiger partial charge >= 0.3 is 0 Å². The minimum absolute atomic E-state index is 0.00715. The van der Waals surface area contributed by atoms with Gasteiger partial charge in [-0.3, -0.25) is 4.90 Å². The maximum Gasteiger partial charge on any atom is 0.0656 e. The van der Waals surface area contributed by atoms with Crippen LogP contribution in [0.3, 0.4) is 0 Å². The Morgan fingerprint density at radius 1 is 1.25 bits per heavy atom. The lowest BCUT2D eigenvalue weighted by molar-refractivity contribution is -0.00273. The van der Waals surface area contributed by atoms with Crippen LogP contribution < -0.4 is 5.73 Å². The highest BCUT2D eigenvalue weighted by Gasteiger charge is 2.33. The fourth-order valence-electron chi connectivity index (χ4n) is 2.47. The van der Waals surface area contributed by atoms with Crippen LogP contribution in [0.15, 0.2) is 0 Å². The molecule has 16 heavy (non-hydrogen) atoms. The van der Waals surface area contributed by atoms with Crippen molar-refractivity contribution in [3.8, 4) is 0 Å². The van der Waals surface area contributed by atoms with Gasteiger partial charge in [-0.25, -0.2) is 0 Å². The normalized spacial score (nSPS) is 23.2. The highest BCUT2D eigenvalue weighted by Crippen LogP contribution is 2.24. The molecule has 4 nitrogen and oxygen atoms in total. The smallest absolute Gasteiger partial charge is 0.0656 e. The van der Waals surface area contributed by atoms with Crippen LogP contribution in [-0.2, 0) is 9.47 Å². The van der Waals surface area contributed by atoms with Gasteiger partial charge in [0.25, 0.3) is 0 Å². The second-order valence-electron chi connectivity index (χ2n) is 5.02. The van der Waals surface area contributed by atoms with Gasteiger partial charge in [0.2, 0.25) is 0 Å². The summed E-state index contributed by atoms with van der Waals surface area (Å²) in [5, 5.41) is 0. The molecular formula is C12H26N2O2. The van der Waals surface area contributed by atoms with Crippen molar-refractivity contribution < 1.29 is 9.47 Å². The van der Waals surface area contributed by atoms with E-state index >= 15 is 0 Å². The van der Waals surface area contributed by atoms with E-state index in [1.807, 2.05) is 0 Å². The first-order valence-electron chi connectivity index (χ1n) is 6.09. The molecule has 0 aromatic carbocycles. The molecule has 1 heterocycles. The summed E-state index contributed by atoms with van der Waals surface area (Å²) in [6, 6.07) is 0. The first kappa shape index (κ1) is 13.9. The van der Waals surface area contributed by atoms with Crippen LogP contribution in [0.2, 0.25) is 0 Å². The maximum absolute atomic E-state index is 5.87. The van der Waals surface area contributed by atoms with Gasteiger partial charge in [0.1, 0.15) is 0 Å². The third-order valence-corrected chi connectivity index (χ3v) is 3.68. The van der Waals surface area contributed by atoms with Crippen LogP contribution >= 0.6 is 0 Å². The standard InChI is InChI=1S/C12H26N2O2/c1-12(9-13,10-16-3)14-6-4-11(5-7-14)8-15-2/h11H,4-10,13H2,1-3H3. The molecule has 0 aliphatic carbocycles. The molecule has 0 spiro atoms. The van der Waals surface area contributed by atoms with Crippen molar-refractivity contribution in [3.05, 3.63) is 0 Å². The molecule has 1 rings (SSSR count). The molecule has 4 heteroatoms. The van der Waals surface area contributed by atoms with E-state index in [1.54, 1.807) is 14.2 Å². The topological polar surface area (TPSA) is 47.7 Å². The number of hydrogen-bond acceptors (Lipinski definition) is 4. The molecule has 1 atom stereocenters. The summed E-state index contributed by atoms with van der Waals surface area (Å²) >= 11 is 0. The zero-order chi connectivity index (χ0) is 12.0. The highest BCUT2D eigenvalue weighted by molar-refractivity contribution is 4.90. The monoisotopic (exact) mass is 230 g/mol. The van der Waals surface area contributed by atoms with Crippen LogP contribution in [0.25, 0.3) is 0 Å². The molecule has 0 saturated carbocycles. The van der Waals surface area contributed by atoms with Crippen molar-refractivity contribution >= 4 is 0 Å². The molecule has 96 valence electrons. The molecule has 0 aromatic rings. The molecule has 0 bridgehead atoms. The van der Waals surface area contributed by atoms with E-state index in [4.69, 9.17) is 15.2 Å². The minimum atomic E-state index is -0.00715. The Labute approximate surface area is 99.1 Å². The third-order valence-electron chi connectivity index (χ3n) is 3.68. The number of nitrogens with zero attached hydrogens (tertiary/aromatic N) is 1. The molecule has 2 N–H and O–H groups in total. The molecule has 1 fully saturated rings. The second kappa shape index (κ2) is 6.55. The van der Waals surface area contributed by atoms with E-state index in [9.17, 15) is 0 Å². The van der Waals surface area contributed by atoms with Gasteiger partial charge in [-0.15, -0.1) is 0 Å². The fourth-order valence-corrected chi connectivity index (χ4v) is 2.47. The zero-order valence-electron chi connectivity index (χ0n) is 10.9. The molecule has 1 aliphatic rings. The summed E-state index contributed by atoms with van der Waals surface area (Å²) in [6.07, 6.45) is 2.40. The van der Waals surface area contributed by atoms with E-state index in [1.165, 1.54) is 12.8 Å². The van der Waals surface area contributed by atoms with E-state index in [0.717, 1.165) is 19.7 Å². The first-order chi connectivity index (χ1) is 7.66. The van der Waals surface area contributed by atoms with Crippen LogP contribution in [0.4, 0.5) is 0 Å². The number of piperidine rings is 1.